The van der Waals surface area contributed by atoms with Gasteiger partial charge in [-0.15, -0.1) is 12.4 Å². The highest BCUT2D eigenvalue weighted by Gasteiger charge is 2.27. The number of carbonyl (C=O) groups excluding carboxylic acids is 1. The Bertz CT molecular complexity index is 555. The van der Waals surface area contributed by atoms with Crippen molar-refractivity contribution in [2.24, 2.45) is 0 Å². The van der Waals surface area contributed by atoms with Gasteiger partial charge < -0.3 is 14.6 Å². The van der Waals surface area contributed by atoms with Gasteiger partial charge in [-0.3, -0.25) is 4.79 Å². The van der Waals surface area contributed by atoms with Crippen molar-refractivity contribution < 1.29 is 17.6 Å². The smallest absolute Gasteiger partial charge is 0.289 e. The molecule has 0 spiro atoms. The number of furan rings is 1. The number of amides is 1. The van der Waals surface area contributed by atoms with Crippen LogP contribution in [0.1, 0.15) is 17.5 Å². The lowest BCUT2D eigenvalue weighted by molar-refractivity contribution is 0.0617. The lowest BCUT2D eigenvalue weighted by Crippen LogP contribution is -2.52. The van der Waals surface area contributed by atoms with Crippen molar-refractivity contribution in [3.63, 3.8) is 0 Å². The summed E-state index contributed by atoms with van der Waals surface area (Å²) < 4.78 is 27.7. The van der Waals surface area contributed by atoms with E-state index >= 15 is 0 Å². The summed E-state index contributed by atoms with van der Waals surface area (Å²) in [6.45, 7) is 3.99. The molecule has 1 atom stereocenters. The van der Waals surface area contributed by atoms with Gasteiger partial charge in [-0.1, -0.05) is 0 Å². The number of carbonyl (C=O) groups is 1. The molecule has 6 nitrogen and oxygen atoms in total. The number of nitrogens with one attached hydrogen (secondary N) is 1. The van der Waals surface area contributed by atoms with Crippen molar-refractivity contribution in [3.05, 3.63) is 17.9 Å². The van der Waals surface area contributed by atoms with Gasteiger partial charge in [-0.05, 0) is 19.1 Å². The predicted molar refractivity (Wildman–Crippen MR) is 72.4 cm³/mol. The summed E-state index contributed by atoms with van der Waals surface area (Å²) in [5.74, 6) is -0.192. The van der Waals surface area contributed by atoms with Gasteiger partial charge >= 0.3 is 0 Å². The topological polar surface area (TPSA) is 79.6 Å². The van der Waals surface area contributed by atoms with Crippen LogP contribution in [-0.2, 0) is 9.84 Å². The van der Waals surface area contributed by atoms with E-state index in [2.05, 4.69) is 5.32 Å². The maximum absolute atomic E-state index is 12.2. The molecular weight excluding hydrogens is 292 g/mol. The third kappa shape index (κ3) is 3.49. The molecule has 0 bridgehead atoms. The van der Waals surface area contributed by atoms with Crippen LogP contribution in [0.25, 0.3) is 0 Å². The molecule has 1 N–H and O–H groups in total. The van der Waals surface area contributed by atoms with E-state index in [0.717, 1.165) is 19.3 Å². The van der Waals surface area contributed by atoms with Crippen molar-refractivity contribution in [2.45, 2.75) is 18.1 Å². The van der Waals surface area contributed by atoms with Crippen LogP contribution in [0.15, 0.2) is 21.6 Å². The van der Waals surface area contributed by atoms with Crippen molar-refractivity contribution in [3.8, 4) is 0 Å². The van der Waals surface area contributed by atoms with Gasteiger partial charge in [0.1, 0.15) is 0 Å². The van der Waals surface area contributed by atoms with Crippen LogP contribution in [0.5, 0.6) is 0 Å². The number of halogens is 1. The van der Waals surface area contributed by atoms with Crippen LogP contribution < -0.4 is 5.32 Å². The molecule has 108 valence electrons. The Balaban J connectivity index is 0.00000180. The van der Waals surface area contributed by atoms with Crippen molar-refractivity contribution in [1.29, 1.82) is 0 Å². The second-order valence-corrected chi connectivity index (χ2v) is 6.39. The number of piperazine rings is 1. The second kappa shape index (κ2) is 5.94. The van der Waals surface area contributed by atoms with Crippen LogP contribution in [0, 0.1) is 0 Å². The first-order valence-electron chi connectivity index (χ1n) is 5.71. The average molecular weight is 309 g/mol. The van der Waals surface area contributed by atoms with Gasteiger partial charge in [0.05, 0.1) is 0 Å². The Kier molecular flexibility index (Phi) is 5.00. The molecule has 1 aromatic rings. The summed E-state index contributed by atoms with van der Waals surface area (Å²) in [6.07, 6.45) is 1.05. The quantitative estimate of drug-likeness (QED) is 0.862. The summed E-state index contributed by atoms with van der Waals surface area (Å²) >= 11 is 0. The van der Waals surface area contributed by atoms with Gasteiger partial charge in [-0.2, -0.15) is 0 Å². The highest BCUT2D eigenvalue weighted by Crippen LogP contribution is 2.17. The van der Waals surface area contributed by atoms with Crippen molar-refractivity contribution in [1.82, 2.24) is 10.2 Å². The summed E-state index contributed by atoms with van der Waals surface area (Å²) in [5, 5.41) is 3.01. The summed E-state index contributed by atoms with van der Waals surface area (Å²) in [4.78, 5) is 13.8. The third-order valence-electron chi connectivity index (χ3n) is 2.92. The first kappa shape index (κ1) is 16.0. The summed E-state index contributed by atoms with van der Waals surface area (Å²) in [5.41, 5.74) is 0. The minimum Gasteiger partial charge on any atom is -0.440 e. The molecule has 1 saturated heterocycles. The van der Waals surface area contributed by atoms with E-state index in [1.807, 2.05) is 6.92 Å². The molecule has 0 aliphatic carbocycles. The third-order valence-corrected chi connectivity index (χ3v) is 3.87. The molecule has 1 aromatic heterocycles. The van der Waals surface area contributed by atoms with E-state index in [1.165, 1.54) is 12.1 Å². The molecular formula is C11H17ClN2O4S. The molecule has 0 aromatic carbocycles. The predicted octanol–water partition coefficient (Wildman–Crippen LogP) is 0.539. The zero-order valence-electron chi connectivity index (χ0n) is 10.8. The number of nitrogens with zero attached hydrogens (tertiary/aromatic N) is 1. The zero-order chi connectivity index (χ0) is 13.3. The highest BCUT2D eigenvalue weighted by atomic mass is 35.5. The summed E-state index contributed by atoms with van der Waals surface area (Å²) in [7, 11) is -3.41. The minimum atomic E-state index is -3.41. The van der Waals surface area contributed by atoms with E-state index in [-0.39, 0.29) is 35.2 Å². The Morgan fingerprint density at radius 1 is 1.47 bits per heavy atom. The van der Waals surface area contributed by atoms with Crippen LogP contribution in [0.4, 0.5) is 0 Å². The standard InChI is InChI=1S/C11H16N2O4S.ClH/c1-8-7-12-5-6-13(8)11(14)9-3-4-10(17-9)18(2,15)16;/h3-4,8,12H,5-7H2,1-2H3;1H/t8-;/m1./s1. The van der Waals surface area contributed by atoms with Crippen LogP contribution >= 0.6 is 12.4 Å². The fraction of sp³-hybridized carbons (Fsp3) is 0.545. The zero-order valence-corrected chi connectivity index (χ0v) is 12.4. The lowest BCUT2D eigenvalue weighted by Gasteiger charge is -2.33. The SMILES string of the molecule is C[C@@H]1CNCCN1C(=O)c1ccc(S(C)(=O)=O)o1.Cl. The molecule has 1 aliphatic rings. The normalized spacial score (nSPS) is 19.9. The van der Waals surface area contributed by atoms with Gasteiger partial charge in [-0.25, -0.2) is 8.42 Å². The van der Waals surface area contributed by atoms with Crippen molar-refractivity contribution >= 4 is 28.2 Å². The molecule has 8 heteroatoms. The van der Waals surface area contributed by atoms with Gasteiger partial charge in [0, 0.05) is 31.9 Å². The van der Waals surface area contributed by atoms with Gasteiger partial charge in [0.15, 0.2) is 5.76 Å². The van der Waals surface area contributed by atoms with Crippen LogP contribution in [0.2, 0.25) is 0 Å². The molecule has 0 unspecified atom stereocenters. The number of sulfone groups is 1. The minimum absolute atomic E-state index is 0. The molecule has 1 aliphatic heterocycles. The van der Waals surface area contributed by atoms with Crippen LogP contribution in [0.3, 0.4) is 0 Å². The fourth-order valence-electron chi connectivity index (χ4n) is 1.92. The Morgan fingerprint density at radius 3 is 2.68 bits per heavy atom. The van der Waals surface area contributed by atoms with E-state index in [0.29, 0.717) is 6.54 Å². The molecule has 2 heterocycles. The first-order chi connectivity index (χ1) is 8.39. The lowest BCUT2D eigenvalue weighted by atomic mass is 10.2. The fourth-order valence-corrected chi connectivity index (χ4v) is 2.48. The van der Waals surface area contributed by atoms with Crippen molar-refractivity contribution in [2.75, 3.05) is 25.9 Å². The monoisotopic (exact) mass is 308 g/mol. The average Bonchev–Trinajstić information content (AvgIpc) is 2.77. The van der Waals surface area contributed by atoms with E-state index in [4.69, 9.17) is 4.42 Å². The highest BCUT2D eigenvalue weighted by molar-refractivity contribution is 7.90. The van der Waals surface area contributed by atoms with Gasteiger partial charge in [0.25, 0.3) is 5.91 Å². The molecule has 19 heavy (non-hydrogen) atoms. The van der Waals surface area contributed by atoms with Crippen LogP contribution in [-0.4, -0.2) is 51.2 Å². The number of rotatable bonds is 2. The number of hydrogen-bond donors (Lipinski definition) is 1. The van der Waals surface area contributed by atoms with Gasteiger partial charge in [0.2, 0.25) is 14.9 Å². The molecule has 0 saturated carbocycles. The molecule has 1 fully saturated rings. The Morgan fingerprint density at radius 2 is 2.16 bits per heavy atom. The second-order valence-electron chi connectivity index (χ2n) is 4.44. The Labute approximate surface area is 118 Å². The maximum atomic E-state index is 12.2. The largest absolute Gasteiger partial charge is 0.440 e. The summed E-state index contributed by atoms with van der Waals surface area (Å²) in [6, 6.07) is 2.79. The first-order valence-corrected chi connectivity index (χ1v) is 7.60. The molecule has 2 rings (SSSR count). The molecule has 0 radical (unpaired) electrons. The maximum Gasteiger partial charge on any atom is 0.289 e. The Hall–Kier alpha value is -1.05. The van der Waals surface area contributed by atoms with E-state index < -0.39 is 9.84 Å². The van der Waals surface area contributed by atoms with E-state index in [1.54, 1.807) is 4.90 Å². The number of hydrogen-bond acceptors (Lipinski definition) is 5. The van der Waals surface area contributed by atoms with E-state index in [9.17, 15) is 13.2 Å². The molecule has 1 amide bonds.